The molecule has 0 aromatic heterocycles. The van der Waals surface area contributed by atoms with Gasteiger partial charge in [-0.25, -0.2) is 8.42 Å². The largest absolute Gasteiger partial charge is 0.491 e. The monoisotopic (exact) mass is 509 g/mol. The Morgan fingerprint density at radius 2 is 1.79 bits per heavy atom. The summed E-state index contributed by atoms with van der Waals surface area (Å²) in [6.45, 7) is -0.786. The summed E-state index contributed by atoms with van der Waals surface area (Å²) in [6.07, 6.45) is -12.6. The van der Waals surface area contributed by atoms with Crippen molar-refractivity contribution in [3.63, 3.8) is 0 Å². The number of nitriles is 1. The van der Waals surface area contributed by atoms with E-state index in [0.29, 0.717) is 11.0 Å². The molecule has 0 aliphatic carbocycles. The number of rotatable bonds is 6. The number of anilines is 2. The maximum absolute atomic E-state index is 13.6. The van der Waals surface area contributed by atoms with E-state index in [1.165, 1.54) is 30.3 Å². The number of nitrogens with zero attached hydrogens (tertiary/aromatic N) is 2. The van der Waals surface area contributed by atoms with E-state index in [1.54, 1.807) is 0 Å². The van der Waals surface area contributed by atoms with Crippen LogP contribution in [0.5, 0.6) is 5.75 Å². The Bertz CT molecular complexity index is 1180. The lowest BCUT2D eigenvalue weighted by Gasteiger charge is -2.27. The Balaban J connectivity index is 1.76. The number of hydrogen-bond donors (Lipinski definition) is 1. The summed E-state index contributed by atoms with van der Waals surface area (Å²) in [6, 6.07) is 9.19. The number of ether oxygens (including phenoxy) is 2. The molecule has 1 heterocycles. The van der Waals surface area contributed by atoms with Gasteiger partial charge in [0, 0.05) is 11.4 Å². The third kappa shape index (κ3) is 6.23. The van der Waals surface area contributed by atoms with Crippen LogP contribution in [0.1, 0.15) is 11.1 Å². The molecule has 1 fully saturated rings. The van der Waals surface area contributed by atoms with Gasteiger partial charge in [-0.3, -0.25) is 4.72 Å². The zero-order valence-corrected chi connectivity index (χ0v) is 18.1. The van der Waals surface area contributed by atoms with E-state index in [4.69, 9.17) is 14.7 Å². The molecule has 0 saturated carbocycles. The van der Waals surface area contributed by atoms with E-state index >= 15 is 0 Å². The predicted molar refractivity (Wildman–Crippen MR) is 109 cm³/mol. The van der Waals surface area contributed by atoms with Crippen LogP contribution in [0.15, 0.2) is 42.5 Å². The minimum absolute atomic E-state index is 0.211. The molecule has 7 nitrogen and oxygen atoms in total. The average Bonchev–Trinajstić information content (AvgIpc) is 3.16. The van der Waals surface area contributed by atoms with Gasteiger partial charge in [0.2, 0.25) is 16.3 Å². The van der Waals surface area contributed by atoms with Gasteiger partial charge in [-0.15, -0.1) is 0 Å². The lowest BCUT2D eigenvalue weighted by Crippen LogP contribution is -2.42. The van der Waals surface area contributed by atoms with Crippen molar-refractivity contribution >= 4 is 21.4 Å². The van der Waals surface area contributed by atoms with Gasteiger partial charge in [-0.1, -0.05) is 0 Å². The fourth-order valence-electron chi connectivity index (χ4n) is 3.27. The normalized spacial score (nSPS) is 19.1. The van der Waals surface area contributed by atoms with Gasteiger partial charge in [0.15, 0.2) is 0 Å². The van der Waals surface area contributed by atoms with E-state index < -0.39 is 58.1 Å². The van der Waals surface area contributed by atoms with Crippen LogP contribution in [0.4, 0.5) is 37.7 Å². The lowest BCUT2D eigenvalue weighted by atomic mass is 10.1. The summed E-state index contributed by atoms with van der Waals surface area (Å²) in [7, 11) is -3.50. The number of nitrogens with one attached hydrogen (secondary N) is 1. The van der Waals surface area contributed by atoms with Crippen LogP contribution in [0, 0.1) is 11.3 Å². The highest BCUT2D eigenvalue weighted by Gasteiger charge is 2.51. The van der Waals surface area contributed by atoms with Crippen molar-refractivity contribution in [3.05, 3.63) is 53.6 Å². The highest BCUT2D eigenvalue weighted by Crippen LogP contribution is 2.39. The van der Waals surface area contributed by atoms with Crippen LogP contribution in [-0.2, 0) is 20.9 Å². The van der Waals surface area contributed by atoms with Crippen molar-refractivity contribution in [1.29, 1.82) is 5.26 Å². The van der Waals surface area contributed by atoms with Gasteiger partial charge in [-0.2, -0.15) is 31.6 Å². The fourth-order valence-corrected chi connectivity index (χ4v) is 3.83. The van der Waals surface area contributed by atoms with Gasteiger partial charge >= 0.3 is 12.4 Å². The standard InChI is InChI=1S/C20H17F6N3O4S/c1-34(30,31)28-13-3-6-15(7-4-13)32-11-16-10-29(18(33-16)20(24,25)26)14-5-2-12(9-27)17(8-14)19(21,22)23/h2-8,16,18,28H,10-11H2,1H3/t16-,18+/m0/s1. The number of benzene rings is 2. The molecule has 2 aromatic carbocycles. The van der Waals surface area contributed by atoms with E-state index in [-0.39, 0.29) is 18.0 Å². The van der Waals surface area contributed by atoms with Gasteiger partial charge in [0.1, 0.15) is 18.5 Å². The molecule has 0 radical (unpaired) electrons. The maximum atomic E-state index is 13.6. The van der Waals surface area contributed by atoms with E-state index in [1.807, 2.05) is 0 Å². The summed E-state index contributed by atoms with van der Waals surface area (Å²) in [4.78, 5) is 0.629. The highest BCUT2D eigenvalue weighted by molar-refractivity contribution is 7.92. The van der Waals surface area contributed by atoms with E-state index in [9.17, 15) is 34.8 Å². The van der Waals surface area contributed by atoms with E-state index in [0.717, 1.165) is 18.4 Å². The van der Waals surface area contributed by atoms with Gasteiger partial charge < -0.3 is 14.4 Å². The SMILES string of the molecule is CS(=O)(=O)Nc1ccc(OC[C@@H]2CN(c3ccc(C#N)c(C(F)(F)F)c3)[C@@H](C(F)(F)F)O2)cc1. The molecular weight excluding hydrogens is 492 g/mol. The second-order valence-electron chi connectivity index (χ2n) is 7.35. The number of alkyl halides is 6. The Morgan fingerprint density at radius 3 is 2.32 bits per heavy atom. The van der Waals surface area contributed by atoms with Crippen LogP contribution < -0.4 is 14.4 Å². The van der Waals surface area contributed by atoms with Crippen LogP contribution in [0.3, 0.4) is 0 Å². The van der Waals surface area contributed by atoms with E-state index in [2.05, 4.69) is 4.72 Å². The second kappa shape index (κ2) is 9.22. The molecular formula is C20H17F6N3O4S. The van der Waals surface area contributed by atoms with Gasteiger partial charge in [0.25, 0.3) is 0 Å². The number of hydrogen-bond acceptors (Lipinski definition) is 6. The van der Waals surface area contributed by atoms with Crippen LogP contribution >= 0.6 is 0 Å². The Labute approximate surface area is 190 Å². The molecule has 2 atom stereocenters. The molecule has 0 unspecified atom stereocenters. The van der Waals surface area contributed by atoms with Crippen molar-refractivity contribution in [2.75, 3.05) is 29.0 Å². The highest BCUT2D eigenvalue weighted by atomic mass is 32.2. The Morgan fingerprint density at radius 1 is 1.15 bits per heavy atom. The molecule has 184 valence electrons. The minimum Gasteiger partial charge on any atom is -0.491 e. The van der Waals surface area contributed by atoms with Crippen molar-refractivity contribution in [2.24, 2.45) is 0 Å². The average molecular weight is 509 g/mol. The predicted octanol–water partition coefficient (Wildman–Crippen LogP) is 4.12. The molecule has 34 heavy (non-hydrogen) atoms. The first-order valence-electron chi connectivity index (χ1n) is 9.48. The zero-order chi connectivity index (χ0) is 25.3. The Hall–Kier alpha value is -3.18. The Kier molecular flexibility index (Phi) is 6.90. The molecule has 1 N–H and O–H groups in total. The maximum Gasteiger partial charge on any atom is 0.433 e. The first kappa shape index (κ1) is 25.4. The second-order valence-corrected chi connectivity index (χ2v) is 9.10. The number of sulfonamides is 1. The first-order valence-corrected chi connectivity index (χ1v) is 11.4. The van der Waals surface area contributed by atoms with Crippen LogP contribution in [-0.4, -0.2) is 46.3 Å². The molecule has 3 rings (SSSR count). The topological polar surface area (TPSA) is 91.7 Å². The zero-order valence-electron chi connectivity index (χ0n) is 17.3. The minimum atomic E-state index is -4.93. The molecule has 0 bridgehead atoms. The molecule has 0 spiro atoms. The van der Waals surface area contributed by atoms with Crippen molar-refractivity contribution in [1.82, 2.24) is 0 Å². The summed E-state index contributed by atoms with van der Waals surface area (Å²) in [5.41, 5.74) is -2.23. The van der Waals surface area contributed by atoms with Crippen LogP contribution in [0.2, 0.25) is 0 Å². The molecule has 0 amide bonds. The van der Waals surface area contributed by atoms with Gasteiger partial charge in [-0.05, 0) is 42.5 Å². The molecule has 2 aromatic rings. The third-order valence-electron chi connectivity index (χ3n) is 4.64. The molecule has 1 aliphatic rings. The van der Waals surface area contributed by atoms with Crippen LogP contribution in [0.25, 0.3) is 0 Å². The fraction of sp³-hybridized carbons (Fsp3) is 0.350. The third-order valence-corrected chi connectivity index (χ3v) is 5.25. The quantitative estimate of drug-likeness (QED) is 0.590. The van der Waals surface area contributed by atoms with Crippen molar-refractivity contribution < 1.29 is 44.2 Å². The number of halogens is 6. The summed E-state index contributed by atoms with van der Waals surface area (Å²) >= 11 is 0. The summed E-state index contributed by atoms with van der Waals surface area (Å²) < 4.78 is 116. The summed E-state index contributed by atoms with van der Waals surface area (Å²) in [5, 5.41) is 8.89. The first-order chi connectivity index (χ1) is 15.7. The summed E-state index contributed by atoms with van der Waals surface area (Å²) in [5.74, 6) is 0.211. The molecule has 14 heteroatoms. The lowest BCUT2D eigenvalue weighted by molar-refractivity contribution is -0.215. The molecule has 1 aliphatic heterocycles. The van der Waals surface area contributed by atoms with Gasteiger partial charge in [0.05, 0.1) is 30.0 Å². The molecule has 1 saturated heterocycles. The van der Waals surface area contributed by atoms with Crippen molar-refractivity contribution in [2.45, 2.75) is 24.7 Å². The smallest absolute Gasteiger partial charge is 0.433 e. The van der Waals surface area contributed by atoms with Crippen molar-refractivity contribution in [3.8, 4) is 11.8 Å².